The molecule has 0 saturated carbocycles. The van der Waals surface area contributed by atoms with Crippen molar-refractivity contribution >= 4 is 0 Å². The van der Waals surface area contributed by atoms with Crippen LogP contribution in [0.25, 0.3) is 0 Å². The molecule has 0 aromatic rings. The van der Waals surface area contributed by atoms with E-state index in [9.17, 15) is 48.3 Å². The average molecular weight is 342 g/mol. The summed E-state index contributed by atoms with van der Waals surface area (Å²) in [5.74, 6) is -6.79. The zero-order valence-electron chi connectivity index (χ0n) is 10.4. The maximum Gasteiger partial charge on any atom is 0.462 e. The highest BCUT2D eigenvalue weighted by molar-refractivity contribution is 4.93. The van der Waals surface area contributed by atoms with Crippen molar-refractivity contribution in [2.24, 2.45) is 0 Å². The summed E-state index contributed by atoms with van der Waals surface area (Å²) in [6.45, 7) is 0.672. The Balaban J connectivity index is 5.58. The van der Waals surface area contributed by atoms with Gasteiger partial charge in [-0.3, -0.25) is 0 Å². The van der Waals surface area contributed by atoms with Gasteiger partial charge in [0, 0.05) is 0 Å². The summed E-state index contributed by atoms with van der Waals surface area (Å²) in [5, 5.41) is 0. The number of ether oxygens (including phenoxy) is 1. The lowest BCUT2D eigenvalue weighted by Gasteiger charge is -2.38. The fourth-order valence-electron chi connectivity index (χ4n) is 1.17. The Hall–Kier alpha value is -0.810. The topological polar surface area (TPSA) is 9.23 Å². The third-order valence-corrected chi connectivity index (χ3v) is 2.61. The summed E-state index contributed by atoms with van der Waals surface area (Å²) in [4.78, 5) is 0. The van der Waals surface area contributed by atoms with Crippen molar-refractivity contribution in [3.8, 4) is 0 Å². The fraction of sp³-hybridized carbons (Fsp3) is 1.00. The van der Waals surface area contributed by atoms with Gasteiger partial charge >= 0.3 is 24.4 Å². The Morgan fingerprint density at radius 3 is 1.48 bits per heavy atom. The molecule has 0 aromatic carbocycles. The molecular weight excluding hydrogens is 333 g/mol. The van der Waals surface area contributed by atoms with Gasteiger partial charge in [-0.25, -0.2) is 4.39 Å². The minimum atomic E-state index is -6.80. The third kappa shape index (κ3) is 3.89. The van der Waals surface area contributed by atoms with Gasteiger partial charge < -0.3 is 4.74 Å². The molecule has 0 aliphatic heterocycles. The first-order chi connectivity index (χ1) is 8.92. The highest BCUT2D eigenvalue weighted by atomic mass is 19.4. The van der Waals surface area contributed by atoms with E-state index < -0.39 is 42.6 Å². The van der Waals surface area contributed by atoms with E-state index >= 15 is 0 Å². The Labute approximate surface area is 111 Å². The van der Waals surface area contributed by atoms with Crippen molar-refractivity contribution in [2.45, 2.75) is 56.4 Å². The monoisotopic (exact) mass is 342 g/mol. The molecule has 128 valence electrons. The third-order valence-electron chi connectivity index (χ3n) is 2.61. The molecule has 0 aliphatic carbocycles. The summed E-state index contributed by atoms with van der Waals surface area (Å²) >= 11 is 0. The van der Waals surface area contributed by atoms with E-state index in [1.54, 1.807) is 0 Å². The van der Waals surface area contributed by atoms with Gasteiger partial charge in [0.25, 0.3) is 0 Å². The summed E-state index contributed by atoms with van der Waals surface area (Å²) < 4.78 is 139. The molecule has 2 unspecified atom stereocenters. The summed E-state index contributed by atoms with van der Waals surface area (Å²) in [6, 6.07) is 0. The van der Waals surface area contributed by atoms with Crippen LogP contribution in [0.3, 0.4) is 0 Å². The maximum absolute atomic E-state index is 13.1. The average Bonchev–Trinajstić information content (AvgIpc) is 2.24. The van der Waals surface area contributed by atoms with Crippen LogP contribution in [0.5, 0.6) is 0 Å². The van der Waals surface area contributed by atoms with Crippen LogP contribution in [-0.4, -0.2) is 36.2 Å². The molecule has 0 aromatic heterocycles. The van der Waals surface area contributed by atoms with Crippen molar-refractivity contribution < 1.29 is 53.0 Å². The molecule has 0 radical (unpaired) electrons. The molecule has 2 atom stereocenters. The van der Waals surface area contributed by atoms with Gasteiger partial charge in [0.05, 0.1) is 0 Å². The molecule has 1 nitrogen and oxygen atoms in total. The van der Waals surface area contributed by atoms with Crippen molar-refractivity contribution in [2.75, 3.05) is 0 Å². The molecular formula is C9H9F11O. The molecule has 0 fully saturated rings. The fourth-order valence-corrected chi connectivity index (χ4v) is 1.17. The molecule has 0 saturated heterocycles. The van der Waals surface area contributed by atoms with E-state index in [4.69, 9.17) is 0 Å². The second-order valence-corrected chi connectivity index (χ2v) is 4.26. The molecule has 21 heavy (non-hydrogen) atoms. The van der Waals surface area contributed by atoms with Crippen LogP contribution in [0.2, 0.25) is 0 Å². The maximum atomic E-state index is 13.1. The van der Waals surface area contributed by atoms with Crippen molar-refractivity contribution in [3.63, 3.8) is 0 Å². The Morgan fingerprint density at radius 1 is 0.857 bits per heavy atom. The van der Waals surface area contributed by atoms with Gasteiger partial charge in [-0.05, 0) is 13.3 Å². The number of hydrogen-bond donors (Lipinski definition) is 0. The van der Waals surface area contributed by atoms with Gasteiger partial charge in [0.15, 0.2) is 0 Å². The van der Waals surface area contributed by atoms with Gasteiger partial charge in [0.2, 0.25) is 6.17 Å². The smallest absolute Gasteiger partial charge is 0.306 e. The zero-order chi connectivity index (χ0) is 17.5. The zero-order valence-corrected chi connectivity index (χ0v) is 10.4. The van der Waals surface area contributed by atoms with Crippen molar-refractivity contribution in [1.29, 1.82) is 0 Å². The summed E-state index contributed by atoms with van der Waals surface area (Å²) in [6.07, 6.45) is -24.4. The molecule has 0 aliphatic rings. The largest absolute Gasteiger partial charge is 0.462 e. The predicted octanol–water partition coefficient (Wildman–Crippen LogP) is 4.86. The van der Waals surface area contributed by atoms with E-state index in [0.717, 1.165) is 0 Å². The Bertz CT molecular complexity index is 355. The van der Waals surface area contributed by atoms with E-state index in [-0.39, 0.29) is 6.92 Å². The van der Waals surface area contributed by atoms with Crippen molar-refractivity contribution in [1.82, 2.24) is 0 Å². The van der Waals surface area contributed by atoms with E-state index in [2.05, 4.69) is 4.74 Å². The van der Waals surface area contributed by atoms with Gasteiger partial charge in [-0.2, -0.15) is 43.9 Å². The minimum absolute atomic E-state index is 0.0194. The van der Waals surface area contributed by atoms with Crippen LogP contribution in [0.4, 0.5) is 48.3 Å². The molecule has 0 rings (SSSR count). The van der Waals surface area contributed by atoms with E-state index in [1.807, 2.05) is 0 Å². The summed E-state index contributed by atoms with van der Waals surface area (Å²) in [5.41, 5.74) is -3.63. The van der Waals surface area contributed by atoms with Crippen molar-refractivity contribution in [3.05, 3.63) is 0 Å². The lowest BCUT2D eigenvalue weighted by atomic mass is 9.96. The molecule has 0 bridgehead atoms. The first kappa shape index (κ1) is 20.2. The SMILES string of the molecule is CCC(C)(OC(F)(F)C(F)(F)C(F)(F)F)C(F)C(F)(F)F. The molecule has 0 amide bonds. The Kier molecular flexibility index (Phi) is 5.22. The summed E-state index contributed by atoms with van der Waals surface area (Å²) in [7, 11) is 0. The quantitative estimate of drug-likeness (QED) is 0.648. The van der Waals surface area contributed by atoms with Gasteiger partial charge in [-0.1, -0.05) is 6.92 Å². The number of alkyl halides is 11. The second kappa shape index (κ2) is 5.43. The molecule has 0 N–H and O–H groups in total. The molecule has 12 heteroatoms. The van der Waals surface area contributed by atoms with Gasteiger partial charge in [-0.15, -0.1) is 0 Å². The normalized spacial score (nSPS) is 19.3. The first-order valence-corrected chi connectivity index (χ1v) is 5.15. The lowest BCUT2D eigenvalue weighted by molar-refractivity contribution is -0.449. The molecule has 0 spiro atoms. The van der Waals surface area contributed by atoms with Crippen LogP contribution < -0.4 is 0 Å². The van der Waals surface area contributed by atoms with Crippen LogP contribution in [-0.2, 0) is 4.74 Å². The lowest BCUT2D eigenvalue weighted by Crippen LogP contribution is -2.59. The minimum Gasteiger partial charge on any atom is -0.306 e. The molecule has 0 heterocycles. The Morgan fingerprint density at radius 2 is 1.24 bits per heavy atom. The highest BCUT2D eigenvalue weighted by Crippen LogP contribution is 2.50. The van der Waals surface area contributed by atoms with Crippen LogP contribution in [0.15, 0.2) is 0 Å². The van der Waals surface area contributed by atoms with Crippen LogP contribution in [0.1, 0.15) is 20.3 Å². The first-order valence-electron chi connectivity index (χ1n) is 5.15. The number of halogens is 11. The highest BCUT2D eigenvalue weighted by Gasteiger charge is 2.76. The predicted molar refractivity (Wildman–Crippen MR) is 46.7 cm³/mol. The van der Waals surface area contributed by atoms with E-state index in [1.165, 1.54) is 0 Å². The standard InChI is InChI=1S/C9H9F11O/c1-3-5(2,4(10)6(11,12)13)21-9(19,20)7(14,15)8(16,17)18/h4H,3H2,1-2H3. The number of rotatable bonds is 5. The van der Waals surface area contributed by atoms with Crippen LogP contribution >= 0.6 is 0 Å². The van der Waals surface area contributed by atoms with Gasteiger partial charge in [0.1, 0.15) is 5.60 Å². The number of hydrogen-bond acceptors (Lipinski definition) is 1. The van der Waals surface area contributed by atoms with Crippen LogP contribution in [0, 0.1) is 0 Å². The second-order valence-electron chi connectivity index (χ2n) is 4.26. The van der Waals surface area contributed by atoms with E-state index in [0.29, 0.717) is 6.92 Å².